The van der Waals surface area contributed by atoms with Crippen molar-refractivity contribution in [2.24, 2.45) is 0 Å². The van der Waals surface area contributed by atoms with Gasteiger partial charge in [-0.25, -0.2) is 4.39 Å². The lowest BCUT2D eigenvalue weighted by atomic mass is 10.00. The summed E-state index contributed by atoms with van der Waals surface area (Å²) in [5, 5.41) is 10.1. The predicted molar refractivity (Wildman–Crippen MR) is 77.9 cm³/mol. The first-order valence-corrected chi connectivity index (χ1v) is 7.16. The molecule has 0 saturated heterocycles. The number of rotatable bonds is 2. The fourth-order valence-corrected chi connectivity index (χ4v) is 2.98. The summed E-state index contributed by atoms with van der Waals surface area (Å²) in [6, 6.07) is 4.46. The molecule has 1 aromatic heterocycles. The van der Waals surface area contributed by atoms with Gasteiger partial charge in [-0.05, 0) is 49.4 Å². The first kappa shape index (κ1) is 13.8. The lowest BCUT2D eigenvalue weighted by molar-refractivity contribution is 0.436. The largest absolute Gasteiger partial charge is 0.493 e. The van der Waals surface area contributed by atoms with E-state index in [-0.39, 0.29) is 29.0 Å². The Kier molecular flexibility index (Phi) is 3.49. The topological polar surface area (TPSA) is 66.0 Å². The number of nitrogens with zero attached hydrogens (tertiary/aromatic N) is 1. The van der Waals surface area contributed by atoms with Crippen LogP contribution in [-0.2, 0) is 0 Å². The van der Waals surface area contributed by atoms with Crippen LogP contribution in [0.15, 0.2) is 23.0 Å². The molecule has 0 bridgehead atoms. The highest BCUT2D eigenvalue weighted by Crippen LogP contribution is 2.35. The van der Waals surface area contributed by atoms with Gasteiger partial charge in [-0.1, -0.05) is 12.8 Å². The molecular formula is C16H17FN2O2. The number of H-pyrrole nitrogens is 1. The minimum Gasteiger partial charge on any atom is -0.493 e. The van der Waals surface area contributed by atoms with Gasteiger partial charge in [0.1, 0.15) is 11.6 Å². The van der Waals surface area contributed by atoms with Gasteiger partial charge >= 0.3 is 0 Å². The van der Waals surface area contributed by atoms with Gasteiger partial charge in [0.05, 0.1) is 5.56 Å². The number of aromatic hydroxyl groups is 1. The van der Waals surface area contributed by atoms with Crippen LogP contribution in [0.5, 0.6) is 5.88 Å². The van der Waals surface area contributed by atoms with Gasteiger partial charge in [-0.2, -0.15) is 4.98 Å². The highest BCUT2D eigenvalue weighted by Gasteiger charge is 2.24. The predicted octanol–water partition coefficient (Wildman–Crippen LogP) is 3.25. The Morgan fingerprint density at radius 3 is 2.67 bits per heavy atom. The summed E-state index contributed by atoms with van der Waals surface area (Å²) < 4.78 is 13.3. The van der Waals surface area contributed by atoms with E-state index >= 15 is 0 Å². The van der Waals surface area contributed by atoms with Crippen LogP contribution in [0.3, 0.4) is 0 Å². The number of aromatic nitrogens is 2. The minimum atomic E-state index is -0.312. The smallest absolute Gasteiger partial charge is 0.258 e. The van der Waals surface area contributed by atoms with Crippen molar-refractivity contribution in [2.75, 3.05) is 0 Å². The van der Waals surface area contributed by atoms with E-state index in [2.05, 4.69) is 9.97 Å². The van der Waals surface area contributed by atoms with Crippen molar-refractivity contribution in [3.63, 3.8) is 0 Å². The number of halogens is 1. The average molecular weight is 288 g/mol. The van der Waals surface area contributed by atoms with Crippen LogP contribution < -0.4 is 5.56 Å². The summed E-state index contributed by atoms with van der Waals surface area (Å²) in [6.07, 6.45) is 3.96. The molecule has 0 aliphatic heterocycles. The maximum absolute atomic E-state index is 13.3. The van der Waals surface area contributed by atoms with Crippen molar-refractivity contribution in [3.8, 4) is 17.3 Å². The van der Waals surface area contributed by atoms with E-state index in [1.165, 1.54) is 12.1 Å². The maximum Gasteiger partial charge on any atom is 0.258 e. The van der Waals surface area contributed by atoms with Crippen LogP contribution in [-0.4, -0.2) is 15.1 Å². The van der Waals surface area contributed by atoms with Crippen molar-refractivity contribution in [3.05, 3.63) is 45.5 Å². The zero-order valence-electron chi connectivity index (χ0n) is 11.8. The first-order chi connectivity index (χ1) is 10.1. The standard InChI is InChI=1S/C16H17FN2O2/c1-9-8-11(6-7-12(9)17)14-18-15(20)13(16(21)19-14)10-4-2-3-5-10/h6-8,10H,2-5H2,1H3,(H2,18,19,20,21). The molecule has 0 spiro atoms. The molecule has 5 heteroatoms. The van der Waals surface area contributed by atoms with E-state index in [4.69, 9.17) is 0 Å². The molecule has 2 aromatic rings. The van der Waals surface area contributed by atoms with Gasteiger partial charge in [0.25, 0.3) is 5.56 Å². The Bertz CT molecular complexity index is 734. The molecular weight excluding hydrogens is 271 g/mol. The quantitative estimate of drug-likeness (QED) is 0.891. The molecule has 1 heterocycles. The van der Waals surface area contributed by atoms with Gasteiger partial charge < -0.3 is 10.1 Å². The van der Waals surface area contributed by atoms with Crippen LogP contribution in [0.1, 0.15) is 42.7 Å². The minimum absolute atomic E-state index is 0.0882. The summed E-state index contributed by atoms with van der Waals surface area (Å²) >= 11 is 0. The molecule has 1 saturated carbocycles. The van der Waals surface area contributed by atoms with Crippen molar-refractivity contribution in [1.29, 1.82) is 0 Å². The van der Waals surface area contributed by atoms with Gasteiger partial charge in [-0.3, -0.25) is 4.79 Å². The second-order valence-corrected chi connectivity index (χ2v) is 5.60. The van der Waals surface area contributed by atoms with Crippen LogP contribution in [0.25, 0.3) is 11.4 Å². The van der Waals surface area contributed by atoms with Crippen LogP contribution >= 0.6 is 0 Å². The summed E-state index contributed by atoms with van der Waals surface area (Å²) in [4.78, 5) is 19.0. The molecule has 2 N–H and O–H groups in total. The first-order valence-electron chi connectivity index (χ1n) is 7.16. The average Bonchev–Trinajstić information content (AvgIpc) is 2.95. The number of hydrogen-bond donors (Lipinski definition) is 2. The Morgan fingerprint density at radius 1 is 1.33 bits per heavy atom. The number of hydrogen-bond acceptors (Lipinski definition) is 3. The highest BCUT2D eigenvalue weighted by molar-refractivity contribution is 5.57. The third-order valence-corrected chi connectivity index (χ3v) is 4.13. The molecule has 3 rings (SSSR count). The SMILES string of the molecule is Cc1cc(-c2nc(O)c(C3CCCC3)c(=O)[nH]2)ccc1F. The van der Waals surface area contributed by atoms with Gasteiger partial charge in [0, 0.05) is 5.56 Å². The number of benzene rings is 1. The molecule has 4 nitrogen and oxygen atoms in total. The van der Waals surface area contributed by atoms with Crippen LogP contribution in [0, 0.1) is 12.7 Å². The second-order valence-electron chi connectivity index (χ2n) is 5.60. The number of aryl methyl sites for hydroxylation is 1. The van der Waals surface area contributed by atoms with E-state index in [9.17, 15) is 14.3 Å². The molecule has 110 valence electrons. The Balaban J connectivity index is 2.05. The third kappa shape index (κ3) is 2.55. The van der Waals surface area contributed by atoms with E-state index in [0.29, 0.717) is 16.7 Å². The summed E-state index contributed by atoms with van der Waals surface area (Å²) in [5.41, 5.74) is 1.13. The molecule has 0 amide bonds. The lowest BCUT2D eigenvalue weighted by Crippen LogP contribution is -2.17. The van der Waals surface area contributed by atoms with Crippen LogP contribution in [0.2, 0.25) is 0 Å². The Hall–Kier alpha value is -2.17. The summed E-state index contributed by atoms with van der Waals surface area (Å²) in [7, 11) is 0. The number of aromatic amines is 1. The van der Waals surface area contributed by atoms with E-state index in [1.807, 2.05) is 0 Å². The summed E-state index contributed by atoms with van der Waals surface area (Å²) in [5.74, 6) is -0.164. The molecule has 21 heavy (non-hydrogen) atoms. The van der Waals surface area contributed by atoms with E-state index in [1.54, 1.807) is 13.0 Å². The normalized spacial score (nSPS) is 15.5. The lowest BCUT2D eigenvalue weighted by Gasteiger charge is -2.11. The Morgan fingerprint density at radius 2 is 2.05 bits per heavy atom. The van der Waals surface area contributed by atoms with Crippen molar-refractivity contribution in [1.82, 2.24) is 9.97 Å². The monoisotopic (exact) mass is 288 g/mol. The molecule has 1 aliphatic rings. The fraction of sp³-hybridized carbons (Fsp3) is 0.375. The van der Waals surface area contributed by atoms with E-state index < -0.39 is 0 Å². The molecule has 1 aromatic carbocycles. The molecule has 0 atom stereocenters. The number of nitrogens with one attached hydrogen (secondary N) is 1. The zero-order valence-corrected chi connectivity index (χ0v) is 11.8. The maximum atomic E-state index is 13.3. The van der Waals surface area contributed by atoms with Crippen LogP contribution in [0.4, 0.5) is 4.39 Å². The molecule has 1 fully saturated rings. The van der Waals surface area contributed by atoms with Crippen molar-refractivity contribution >= 4 is 0 Å². The van der Waals surface area contributed by atoms with Gasteiger partial charge in [-0.15, -0.1) is 0 Å². The molecule has 0 radical (unpaired) electrons. The molecule has 1 aliphatic carbocycles. The van der Waals surface area contributed by atoms with E-state index in [0.717, 1.165) is 25.7 Å². The van der Waals surface area contributed by atoms with Crippen molar-refractivity contribution in [2.45, 2.75) is 38.5 Å². The fourth-order valence-electron chi connectivity index (χ4n) is 2.98. The second kappa shape index (κ2) is 5.31. The highest BCUT2D eigenvalue weighted by atomic mass is 19.1. The van der Waals surface area contributed by atoms with Gasteiger partial charge in [0.2, 0.25) is 5.88 Å². The third-order valence-electron chi connectivity index (χ3n) is 4.13. The summed E-state index contributed by atoms with van der Waals surface area (Å²) in [6.45, 7) is 1.64. The molecule has 0 unspecified atom stereocenters. The van der Waals surface area contributed by atoms with Gasteiger partial charge in [0.15, 0.2) is 0 Å². The zero-order chi connectivity index (χ0) is 15.0. The van der Waals surface area contributed by atoms with Crippen molar-refractivity contribution < 1.29 is 9.50 Å². The Labute approximate surface area is 121 Å².